The second kappa shape index (κ2) is 7.25. The number of morpholine rings is 1. The highest BCUT2D eigenvalue weighted by Gasteiger charge is 2.15. The molecule has 0 spiro atoms. The zero-order valence-electron chi connectivity index (χ0n) is 15.0. The maximum absolute atomic E-state index is 12.7. The first-order chi connectivity index (χ1) is 13.1. The third kappa shape index (κ3) is 3.71. The molecule has 1 aliphatic rings. The molecule has 138 valence electrons. The normalized spacial score (nSPS) is 14.3. The van der Waals surface area contributed by atoms with Crippen LogP contribution in [0.1, 0.15) is 6.92 Å². The Morgan fingerprint density at radius 1 is 1.04 bits per heavy atom. The summed E-state index contributed by atoms with van der Waals surface area (Å²) in [5.74, 6) is 0.457. The van der Waals surface area contributed by atoms with Crippen molar-refractivity contribution in [2.75, 3.05) is 36.5 Å². The van der Waals surface area contributed by atoms with Crippen LogP contribution in [0, 0.1) is 0 Å². The fourth-order valence-corrected chi connectivity index (χ4v) is 3.24. The average molecular weight is 364 g/mol. The lowest BCUT2D eigenvalue weighted by Gasteiger charge is -2.27. The lowest BCUT2D eigenvalue weighted by molar-refractivity contribution is -0.114. The first-order valence-corrected chi connectivity index (χ1v) is 8.89. The minimum absolute atomic E-state index is 0.0717. The van der Waals surface area contributed by atoms with E-state index >= 15 is 0 Å². The number of hydrogen-bond acceptors (Lipinski definition) is 5. The molecule has 0 atom stereocenters. The summed E-state index contributed by atoms with van der Waals surface area (Å²) < 4.78 is 11.3. The third-order valence-electron chi connectivity index (χ3n) is 4.55. The van der Waals surface area contributed by atoms with Crippen molar-refractivity contribution < 1.29 is 13.9 Å². The van der Waals surface area contributed by atoms with Crippen molar-refractivity contribution in [2.24, 2.45) is 0 Å². The number of benzene rings is 2. The number of nitrogens with one attached hydrogen (secondary N) is 1. The molecule has 0 radical (unpaired) electrons. The maximum atomic E-state index is 12.7. The number of carbonyl (C=O) groups is 1. The van der Waals surface area contributed by atoms with Crippen LogP contribution in [-0.4, -0.2) is 32.2 Å². The summed E-state index contributed by atoms with van der Waals surface area (Å²) >= 11 is 0. The zero-order valence-corrected chi connectivity index (χ0v) is 15.0. The molecule has 3 aromatic rings. The van der Waals surface area contributed by atoms with Crippen LogP contribution in [0.5, 0.6) is 0 Å². The number of hydrogen-bond donors (Lipinski definition) is 1. The van der Waals surface area contributed by atoms with Gasteiger partial charge in [-0.1, -0.05) is 18.2 Å². The minimum Gasteiger partial charge on any atom is -0.440 e. The molecule has 0 aliphatic carbocycles. The zero-order chi connectivity index (χ0) is 18.8. The number of rotatable bonds is 3. The van der Waals surface area contributed by atoms with Crippen LogP contribution in [0.3, 0.4) is 0 Å². The third-order valence-corrected chi connectivity index (χ3v) is 4.55. The minimum atomic E-state index is -0.123. The van der Waals surface area contributed by atoms with Gasteiger partial charge in [-0.25, -0.2) is 0 Å². The van der Waals surface area contributed by atoms with E-state index in [9.17, 15) is 9.59 Å². The standard InChI is InChI=1S/C21H20N2O4/c1-14(24)22-17-4-2-3-15(11-17)16-5-6-20-18(12-16)19(25)13-21(27-20)23-7-9-26-10-8-23/h2-6,11-13H,7-10H2,1H3,(H,22,24). The number of anilines is 2. The lowest BCUT2D eigenvalue weighted by atomic mass is 10.0. The maximum Gasteiger partial charge on any atom is 0.221 e. The largest absolute Gasteiger partial charge is 0.440 e. The summed E-state index contributed by atoms with van der Waals surface area (Å²) in [6, 6.07) is 14.6. The van der Waals surface area contributed by atoms with Gasteiger partial charge in [0.1, 0.15) is 5.58 Å². The highest BCUT2D eigenvalue weighted by Crippen LogP contribution is 2.27. The average Bonchev–Trinajstić information content (AvgIpc) is 2.68. The quantitative estimate of drug-likeness (QED) is 0.772. The van der Waals surface area contributed by atoms with E-state index in [-0.39, 0.29) is 11.3 Å². The van der Waals surface area contributed by atoms with Crippen molar-refractivity contribution >= 4 is 28.4 Å². The van der Waals surface area contributed by atoms with E-state index in [2.05, 4.69) is 5.32 Å². The van der Waals surface area contributed by atoms with E-state index < -0.39 is 0 Å². The monoisotopic (exact) mass is 364 g/mol. The molecule has 2 aromatic carbocycles. The lowest BCUT2D eigenvalue weighted by Crippen LogP contribution is -2.36. The molecule has 1 amide bonds. The number of nitrogens with zero attached hydrogens (tertiary/aromatic N) is 1. The van der Waals surface area contributed by atoms with Crippen LogP contribution < -0.4 is 15.6 Å². The Kier molecular flexibility index (Phi) is 4.64. The molecule has 0 unspecified atom stereocenters. The Labute approximate surface area is 156 Å². The topological polar surface area (TPSA) is 71.8 Å². The van der Waals surface area contributed by atoms with Crippen LogP contribution in [0.2, 0.25) is 0 Å². The molecule has 2 heterocycles. The Balaban J connectivity index is 1.71. The van der Waals surface area contributed by atoms with Gasteiger partial charge in [0.05, 0.1) is 18.6 Å². The molecule has 1 aliphatic heterocycles. The van der Waals surface area contributed by atoms with Crippen molar-refractivity contribution in [1.82, 2.24) is 0 Å². The van der Waals surface area contributed by atoms with Gasteiger partial charge in [0.2, 0.25) is 5.91 Å². The van der Waals surface area contributed by atoms with E-state index in [1.807, 2.05) is 47.4 Å². The number of fused-ring (bicyclic) bond motifs is 1. The Bertz CT molecular complexity index is 1050. The molecule has 6 nitrogen and oxygen atoms in total. The fourth-order valence-electron chi connectivity index (χ4n) is 3.24. The van der Waals surface area contributed by atoms with Gasteiger partial charge in [-0.05, 0) is 35.4 Å². The van der Waals surface area contributed by atoms with Gasteiger partial charge < -0.3 is 19.4 Å². The second-order valence-corrected chi connectivity index (χ2v) is 6.52. The predicted octanol–water partition coefficient (Wildman–Crippen LogP) is 3.26. The SMILES string of the molecule is CC(=O)Nc1cccc(-c2ccc3oc(N4CCOCC4)cc(=O)c3c2)c1. The van der Waals surface area contributed by atoms with Crippen molar-refractivity contribution in [1.29, 1.82) is 0 Å². The molecular weight excluding hydrogens is 344 g/mol. The Morgan fingerprint density at radius 3 is 2.59 bits per heavy atom. The van der Waals surface area contributed by atoms with Crippen LogP contribution in [0.15, 0.2) is 57.7 Å². The molecule has 1 saturated heterocycles. The van der Waals surface area contributed by atoms with Gasteiger partial charge in [-0.15, -0.1) is 0 Å². The summed E-state index contributed by atoms with van der Waals surface area (Å²) in [7, 11) is 0. The molecule has 1 fully saturated rings. The first-order valence-electron chi connectivity index (χ1n) is 8.89. The number of amides is 1. The predicted molar refractivity (Wildman–Crippen MR) is 105 cm³/mol. The molecule has 1 aromatic heterocycles. The van der Waals surface area contributed by atoms with Crippen molar-refractivity contribution in [3.8, 4) is 11.1 Å². The molecule has 0 saturated carbocycles. The van der Waals surface area contributed by atoms with Gasteiger partial charge in [-0.3, -0.25) is 9.59 Å². The van der Waals surface area contributed by atoms with Gasteiger partial charge >= 0.3 is 0 Å². The summed E-state index contributed by atoms with van der Waals surface area (Å²) in [4.78, 5) is 26.0. The molecule has 27 heavy (non-hydrogen) atoms. The smallest absolute Gasteiger partial charge is 0.221 e. The van der Waals surface area contributed by atoms with Crippen LogP contribution in [0.4, 0.5) is 11.6 Å². The molecular formula is C21H20N2O4. The Morgan fingerprint density at radius 2 is 1.81 bits per heavy atom. The van der Waals surface area contributed by atoms with Crippen molar-refractivity contribution in [3.05, 3.63) is 58.8 Å². The fraction of sp³-hybridized carbons (Fsp3) is 0.238. The summed E-state index contributed by atoms with van der Waals surface area (Å²) in [6.07, 6.45) is 0. The molecule has 6 heteroatoms. The van der Waals surface area contributed by atoms with Gasteiger partial charge in [-0.2, -0.15) is 0 Å². The summed E-state index contributed by atoms with van der Waals surface area (Å²) in [5, 5.41) is 3.31. The van der Waals surface area contributed by atoms with E-state index in [1.54, 1.807) is 6.07 Å². The van der Waals surface area contributed by atoms with Crippen molar-refractivity contribution in [3.63, 3.8) is 0 Å². The highest BCUT2D eigenvalue weighted by atomic mass is 16.5. The Hall–Kier alpha value is -3.12. The molecule has 4 rings (SSSR count). The summed E-state index contributed by atoms with van der Waals surface area (Å²) in [6.45, 7) is 4.15. The molecule has 0 bridgehead atoms. The van der Waals surface area contributed by atoms with E-state index in [0.717, 1.165) is 16.8 Å². The van der Waals surface area contributed by atoms with Crippen LogP contribution >= 0.6 is 0 Å². The van der Waals surface area contributed by atoms with Gasteiger partial charge in [0.25, 0.3) is 0 Å². The van der Waals surface area contributed by atoms with Crippen molar-refractivity contribution in [2.45, 2.75) is 6.92 Å². The molecule has 1 N–H and O–H groups in total. The van der Waals surface area contributed by atoms with Gasteiger partial charge in [0.15, 0.2) is 11.3 Å². The highest BCUT2D eigenvalue weighted by molar-refractivity contribution is 5.90. The van der Waals surface area contributed by atoms with Crippen LogP contribution in [-0.2, 0) is 9.53 Å². The number of ether oxygens (including phenoxy) is 1. The van der Waals surface area contributed by atoms with E-state index in [1.165, 1.54) is 6.92 Å². The van der Waals surface area contributed by atoms with E-state index in [0.29, 0.717) is 43.2 Å². The second-order valence-electron chi connectivity index (χ2n) is 6.52. The first kappa shape index (κ1) is 17.3. The summed E-state index contributed by atoms with van der Waals surface area (Å²) in [5.41, 5.74) is 3.01. The van der Waals surface area contributed by atoms with E-state index in [4.69, 9.17) is 9.15 Å². The van der Waals surface area contributed by atoms with Gasteiger partial charge in [0, 0.05) is 31.8 Å². The van der Waals surface area contributed by atoms with Crippen LogP contribution in [0.25, 0.3) is 22.1 Å². The number of carbonyl (C=O) groups excluding carboxylic acids is 1.